The highest BCUT2D eigenvalue weighted by atomic mass is 79.9. The van der Waals surface area contributed by atoms with Gasteiger partial charge in [-0.25, -0.2) is 14.4 Å². The molecule has 0 aliphatic rings. The summed E-state index contributed by atoms with van der Waals surface area (Å²) in [6, 6.07) is 3.08. The first kappa shape index (κ1) is 13.5. The predicted octanol–water partition coefficient (Wildman–Crippen LogP) is 3.59. The number of nitrogen functional groups attached to an aromatic ring is 1. The summed E-state index contributed by atoms with van der Waals surface area (Å²) in [5.74, 6) is 0.0235. The number of nitrogens with two attached hydrogens (primary N) is 1. The molecule has 0 aliphatic carbocycles. The highest BCUT2D eigenvalue weighted by Crippen LogP contribution is 2.26. The Morgan fingerprint density at radius 2 is 2.25 bits per heavy atom. The van der Waals surface area contributed by atoms with Crippen molar-refractivity contribution < 1.29 is 4.39 Å². The zero-order valence-electron chi connectivity index (χ0n) is 10.7. The molecular weight excluding hydrogens is 343 g/mol. The summed E-state index contributed by atoms with van der Waals surface area (Å²) in [7, 11) is 0. The van der Waals surface area contributed by atoms with Gasteiger partial charge in [0.15, 0.2) is 0 Å². The zero-order chi connectivity index (χ0) is 14.3. The van der Waals surface area contributed by atoms with Gasteiger partial charge in [0.2, 0.25) is 5.95 Å². The van der Waals surface area contributed by atoms with Crippen LogP contribution in [0.4, 0.5) is 10.3 Å². The van der Waals surface area contributed by atoms with Crippen LogP contribution in [0.5, 0.6) is 0 Å². The molecule has 0 aliphatic heterocycles. The van der Waals surface area contributed by atoms with Crippen molar-refractivity contribution in [3.05, 3.63) is 38.5 Å². The van der Waals surface area contributed by atoms with Crippen LogP contribution in [0.2, 0.25) is 0 Å². The number of halogens is 2. The molecule has 0 unspecified atom stereocenters. The zero-order valence-corrected chi connectivity index (χ0v) is 13.1. The Hall–Kier alpha value is -1.47. The Labute approximate surface area is 127 Å². The Morgan fingerprint density at radius 1 is 1.45 bits per heavy atom. The van der Waals surface area contributed by atoms with Crippen LogP contribution in [-0.4, -0.2) is 14.5 Å². The molecule has 3 aromatic rings. The lowest BCUT2D eigenvalue weighted by Crippen LogP contribution is -2.04. The van der Waals surface area contributed by atoms with Gasteiger partial charge in [0.05, 0.1) is 22.1 Å². The van der Waals surface area contributed by atoms with E-state index in [0.29, 0.717) is 22.5 Å². The molecule has 0 saturated heterocycles. The van der Waals surface area contributed by atoms with Crippen molar-refractivity contribution in [2.24, 2.45) is 0 Å². The average Bonchev–Trinajstić information content (AvgIpc) is 2.98. The highest BCUT2D eigenvalue weighted by molar-refractivity contribution is 9.10. The van der Waals surface area contributed by atoms with Crippen LogP contribution in [0.15, 0.2) is 22.8 Å². The van der Waals surface area contributed by atoms with Gasteiger partial charge < -0.3 is 10.3 Å². The lowest BCUT2D eigenvalue weighted by atomic mass is 10.3. The summed E-state index contributed by atoms with van der Waals surface area (Å²) in [6.45, 7) is 2.64. The molecule has 20 heavy (non-hydrogen) atoms. The summed E-state index contributed by atoms with van der Waals surface area (Å²) < 4.78 is 15.8. The Kier molecular flexibility index (Phi) is 3.47. The maximum atomic E-state index is 13.5. The Morgan fingerprint density at radius 3 is 2.95 bits per heavy atom. The molecule has 0 amide bonds. The standard InChI is InChI=1S/C13H12BrFN4S/c1-2-7-5-17-12(20-7)6-19-11-3-8(14)9(15)4-10(11)18-13(19)16/h3-5H,2,6H2,1H3,(H2,16,18). The molecule has 1 aromatic carbocycles. The summed E-state index contributed by atoms with van der Waals surface area (Å²) in [6.07, 6.45) is 2.85. The van der Waals surface area contributed by atoms with Crippen LogP contribution < -0.4 is 5.73 Å². The van der Waals surface area contributed by atoms with Crippen molar-refractivity contribution in [2.45, 2.75) is 19.9 Å². The average molecular weight is 355 g/mol. The van der Waals surface area contributed by atoms with Crippen molar-refractivity contribution in [3.8, 4) is 0 Å². The van der Waals surface area contributed by atoms with Crippen LogP contribution in [0.25, 0.3) is 11.0 Å². The molecule has 0 radical (unpaired) electrons. The number of hydrogen-bond donors (Lipinski definition) is 1. The fourth-order valence-electron chi connectivity index (χ4n) is 2.02. The third kappa shape index (κ3) is 2.31. The van der Waals surface area contributed by atoms with Crippen LogP contribution >= 0.6 is 27.3 Å². The van der Waals surface area contributed by atoms with Crippen LogP contribution in [0.1, 0.15) is 16.8 Å². The minimum Gasteiger partial charge on any atom is -0.369 e. The minimum atomic E-state index is -0.343. The molecule has 0 fully saturated rings. The SMILES string of the molecule is CCc1cnc(Cn2c(N)nc3cc(F)c(Br)cc32)s1. The van der Waals surface area contributed by atoms with Gasteiger partial charge in [-0.15, -0.1) is 11.3 Å². The van der Waals surface area contributed by atoms with E-state index in [-0.39, 0.29) is 5.82 Å². The van der Waals surface area contributed by atoms with Crippen molar-refractivity contribution in [1.82, 2.24) is 14.5 Å². The molecule has 7 heteroatoms. The molecule has 2 heterocycles. The number of rotatable bonds is 3. The van der Waals surface area contributed by atoms with Crippen LogP contribution in [-0.2, 0) is 13.0 Å². The van der Waals surface area contributed by atoms with Gasteiger partial charge in [-0.2, -0.15) is 0 Å². The van der Waals surface area contributed by atoms with E-state index >= 15 is 0 Å². The van der Waals surface area contributed by atoms with E-state index in [1.165, 1.54) is 10.9 Å². The third-order valence-corrected chi connectivity index (χ3v) is 4.80. The molecule has 0 atom stereocenters. The second-order valence-corrected chi connectivity index (χ2v) is 6.44. The number of aromatic nitrogens is 3. The van der Waals surface area contributed by atoms with Crippen molar-refractivity contribution in [1.29, 1.82) is 0 Å². The van der Waals surface area contributed by atoms with Crippen molar-refractivity contribution in [3.63, 3.8) is 0 Å². The molecule has 0 saturated carbocycles. The normalized spacial score (nSPS) is 11.3. The van der Waals surface area contributed by atoms with Crippen molar-refractivity contribution in [2.75, 3.05) is 5.73 Å². The number of anilines is 1. The second-order valence-electron chi connectivity index (χ2n) is 4.39. The fraction of sp³-hybridized carbons (Fsp3) is 0.231. The van der Waals surface area contributed by atoms with Gasteiger partial charge in [-0.3, -0.25) is 0 Å². The number of imidazole rings is 1. The number of aryl methyl sites for hydroxylation is 1. The molecule has 4 nitrogen and oxygen atoms in total. The van der Waals surface area contributed by atoms with E-state index in [2.05, 4.69) is 32.8 Å². The highest BCUT2D eigenvalue weighted by Gasteiger charge is 2.13. The fourth-order valence-corrected chi connectivity index (χ4v) is 3.21. The van der Waals surface area contributed by atoms with Gasteiger partial charge in [0, 0.05) is 17.1 Å². The molecule has 0 spiro atoms. The van der Waals surface area contributed by atoms with E-state index in [1.54, 1.807) is 17.4 Å². The summed E-state index contributed by atoms with van der Waals surface area (Å²) >= 11 is 4.85. The van der Waals surface area contributed by atoms with Gasteiger partial charge in [-0.1, -0.05) is 6.92 Å². The molecular formula is C13H12BrFN4S. The first-order chi connectivity index (χ1) is 9.58. The van der Waals surface area contributed by atoms with Gasteiger partial charge in [-0.05, 0) is 28.4 Å². The maximum Gasteiger partial charge on any atom is 0.201 e. The van der Waals surface area contributed by atoms with E-state index in [1.807, 2.05) is 10.8 Å². The van der Waals surface area contributed by atoms with E-state index in [4.69, 9.17) is 5.73 Å². The molecule has 104 valence electrons. The monoisotopic (exact) mass is 354 g/mol. The first-order valence-corrected chi connectivity index (χ1v) is 7.73. The van der Waals surface area contributed by atoms with E-state index in [0.717, 1.165) is 16.9 Å². The maximum absolute atomic E-state index is 13.5. The molecule has 2 N–H and O–H groups in total. The minimum absolute atomic E-state index is 0.343. The first-order valence-electron chi connectivity index (χ1n) is 6.12. The smallest absolute Gasteiger partial charge is 0.201 e. The topological polar surface area (TPSA) is 56.7 Å². The quantitative estimate of drug-likeness (QED) is 0.781. The lowest BCUT2D eigenvalue weighted by molar-refractivity contribution is 0.622. The third-order valence-electron chi connectivity index (χ3n) is 3.06. The Bertz CT molecular complexity index is 780. The number of benzene rings is 1. The van der Waals surface area contributed by atoms with Gasteiger partial charge >= 0.3 is 0 Å². The summed E-state index contributed by atoms with van der Waals surface area (Å²) in [5.41, 5.74) is 7.28. The number of thiazole rings is 1. The van der Waals surface area contributed by atoms with Crippen LogP contribution in [0.3, 0.4) is 0 Å². The predicted molar refractivity (Wildman–Crippen MR) is 82.4 cm³/mol. The largest absolute Gasteiger partial charge is 0.369 e. The van der Waals surface area contributed by atoms with Crippen molar-refractivity contribution >= 4 is 44.2 Å². The van der Waals surface area contributed by atoms with E-state index < -0.39 is 0 Å². The molecule has 3 rings (SSSR count). The number of hydrogen-bond acceptors (Lipinski definition) is 4. The number of fused-ring (bicyclic) bond motifs is 1. The summed E-state index contributed by atoms with van der Waals surface area (Å²) in [5, 5.41) is 0.966. The molecule has 2 aromatic heterocycles. The Balaban J connectivity index is 2.06. The van der Waals surface area contributed by atoms with Gasteiger partial charge in [0.25, 0.3) is 0 Å². The molecule has 0 bridgehead atoms. The van der Waals surface area contributed by atoms with E-state index in [9.17, 15) is 4.39 Å². The number of nitrogens with zero attached hydrogens (tertiary/aromatic N) is 3. The van der Waals surface area contributed by atoms with Crippen LogP contribution in [0, 0.1) is 5.82 Å². The lowest BCUT2D eigenvalue weighted by Gasteiger charge is -2.04. The second kappa shape index (κ2) is 5.14. The van der Waals surface area contributed by atoms with Gasteiger partial charge in [0.1, 0.15) is 10.8 Å². The summed E-state index contributed by atoms with van der Waals surface area (Å²) in [4.78, 5) is 9.80.